The van der Waals surface area contributed by atoms with Crippen molar-refractivity contribution >= 4 is 11.6 Å². The molecule has 0 heterocycles. The predicted octanol–water partition coefficient (Wildman–Crippen LogP) is 1.20. The molecule has 1 atom stereocenters. The number of rotatable bonds is 3. The topological polar surface area (TPSA) is 20.2 Å². The van der Waals surface area contributed by atoms with Gasteiger partial charge in [-0.15, -0.1) is 11.6 Å². The first-order valence-electron chi connectivity index (χ1n) is 2.38. The highest BCUT2D eigenvalue weighted by Crippen LogP contribution is 1.94. The quantitative estimate of drug-likeness (QED) is 0.557. The zero-order valence-electron chi connectivity index (χ0n) is 4.39. The molecule has 0 bridgehead atoms. The predicted molar refractivity (Wildman–Crippen MR) is 31.3 cm³/mol. The van der Waals surface area contributed by atoms with Gasteiger partial charge in [-0.25, -0.2) is 0 Å². The second-order valence-corrected chi connectivity index (χ2v) is 1.67. The van der Waals surface area contributed by atoms with E-state index in [0.29, 0.717) is 5.88 Å². The lowest BCUT2D eigenvalue weighted by molar-refractivity contribution is 0.227. The first-order valence-corrected chi connectivity index (χ1v) is 2.92. The summed E-state index contributed by atoms with van der Waals surface area (Å²) < 4.78 is 0. The van der Waals surface area contributed by atoms with E-state index in [4.69, 9.17) is 16.7 Å². The highest BCUT2D eigenvalue weighted by atomic mass is 35.5. The van der Waals surface area contributed by atoms with Crippen molar-refractivity contribution in [1.82, 2.24) is 0 Å². The van der Waals surface area contributed by atoms with Gasteiger partial charge >= 0.3 is 0 Å². The summed E-state index contributed by atoms with van der Waals surface area (Å²) in [5.74, 6) is 0.313. The van der Waals surface area contributed by atoms with E-state index in [0.717, 1.165) is 6.42 Å². The minimum absolute atomic E-state index is 0.313. The minimum Gasteiger partial charge on any atom is -0.392 e. The molecular formula is C5H10ClO. The van der Waals surface area contributed by atoms with Gasteiger partial charge in [-0.3, -0.25) is 0 Å². The molecule has 7 heavy (non-hydrogen) atoms. The lowest BCUT2D eigenvalue weighted by Gasteiger charge is -1.99. The van der Waals surface area contributed by atoms with Gasteiger partial charge in [0.05, 0.1) is 6.10 Å². The van der Waals surface area contributed by atoms with Crippen molar-refractivity contribution in [2.24, 2.45) is 0 Å². The summed E-state index contributed by atoms with van der Waals surface area (Å²) >= 11 is 5.25. The summed E-state index contributed by atoms with van der Waals surface area (Å²) in [6.45, 7) is 1.97. The third kappa shape index (κ3) is 4.10. The number of aliphatic hydroxyl groups excluding tert-OH is 1. The fourth-order valence-corrected chi connectivity index (χ4v) is 0.461. The van der Waals surface area contributed by atoms with Gasteiger partial charge in [-0.2, -0.15) is 0 Å². The van der Waals surface area contributed by atoms with Crippen LogP contribution in [0.15, 0.2) is 0 Å². The van der Waals surface area contributed by atoms with Crippen LogP contribution in [0.1, 0.15) is 13.3 Å². The van der Waals surface area contributed by atoms with Gasteiger partial charge < -0.3 is 5.11 Å². The summed E-state index contributed by atoms with van der Waals surface area (Å²) in [7, 11) is 0. The van der Waals surface area contributed by atoms with Crippen LogP contribution in [0.25, 0.3) is 0 Å². The first-order chi connectivity index (χ1) is 3.31. The smallest absolute Gasteiger partial charge is 0.0707 e. The maximum absolute atomic E-state index is 8.67. The van der Waals surface area contributed by atoms with Gasteiger partial charge in [0, 0.05) is 5.88 Å². The molecule has 0 fully saturated rings. The average Bonchev–Trinajstić information content (AvgIpc) is 1.68. The van der Waals surface area contributed by atoms with E-state index in [1.165, 1.54) is 0 Å². The summed E-state index contributed by atoms with van der Waals surface area (Å²) in [5, 5.41) is 8.67. The second kappa shape index (κ2) is 4.41. The molecule has 0 unspecified atom stereocenters. The molecule has 0 aromatic carbocycles. The third-order valence-electron chi connectivity index (χ3n) is 0.666. The fraction of sp³-hybridized carbons (Fsp3) is 0.800. The van der Waals surface area contributed by atoms with Gasteiger partial charge in [0.25, 0.3) is 0 Å². The Morgan fingerprint density at radius 3 is 2.57 bits per heavy atom. The lowest BCUT2D eigenvalue weighted by atomic mass is 10.2. The number of hydrogen-bond acceptors (Lipinski definition) is 1. The van der Waals surface area contributed by atoms with Crippen LogP contribution in [-0.2, 0) is 0 Å². The Labute approximate surface area is 49.3 Å². The molecule has 2 heteroatoms. The van der Waals surface area contributed by atoms with Crippen LogP contribution in [0.3, 0.4) is 0 Å². The summed E-state index contributed by atoms with van der Waals surface area (Å²) in [4.78, 5) is 0. The van der Waals surface area contributed by atoms with E-state index < -0.39 is 6.10 Å². The number of aliphatic hydroxyl groups is 1. The van der Waals surface area contributed by atoms with Crippen LogP contribution in [-0.4, -0.2) is 17.1 Å². The molecule has 0 aromatic rings. The van der Waals surface area contributed by atoms with E-state index in [1.807, 2.05) is 6.92 Å². The van der Waals surface area contributed by atoms with Crippen LogP contribution in [0.2, 0.25) is 0 Å². The van der Waals surface area contributed by atoms with E-state index in [9.17, 15) is 0 Å². The van der Waals surface area contributed by atoms with Crippen LogP contribution in [0.4, 0.5) is 0 Å². The van der Waals surface area contributed by atoms with E-state index in [2.05, 4.69) is 0 Å². The highest BCUT2D eigenvalue weighted by molar-refractivity contribution is 6.18. The van der Waals surface area contributed by atoms with Crippen LogP contribution in [0.5, 0.6) is 0 Å². The Morgan fingerprint density at radius 2 is 2.43 bits per heavy atom. The van der Waals surface area contributed by atoms with Crippen molar-refractivity contribution in [3.8, 4) is 0 Å². The SMILES string of the molecule is CC[CH][C@H](O)CCl. The Morgan fingerprint density at radius 1 is 1.86 bits per heavy atom. The van der Waals surface area contributed by atoms with Gasteiger partial charge in [0.1, 0.15) is 0 Å². The van der Waals surface area contributed by atoms with Gasteiger partial charge in [0.2, 0.25) is 0 Å². The molecule has 0 saturated carbocycles. The van der Waals surface area contributed by atoms with E-state index >= 15 is 0 Å². The van der Waals surface area contributed by atoms with Crippen molar-refractivity contribution in [3.63, 3.8) is 0 Å². The molecule has 1 N–H and O–H groups in total. The summed E-state index contributed by atoms with van der Waals surface area (Å²) in [5.41, 5.74) is 0. The van der Waals surface area contributed by atoms with Crippen molar-refractivity contribution in [3.05, 3.63) is 6.42 Å². The van der Waals surface area contributed by atoms with Gasteiger partial charge in [0.15, 0.2) is 0 Å². The lowest BCUT2D eigenvalue weighted by Crippen LogP contribution is -2.07. The molecule has 0 rings (SSSR count). The highest BCUT2D eigenvalue weighted by Gasteiger charge is 1.96. The largest absolute Gasteiger partial charge is 0.392 e. The molecule has 0 aliphatic heterocycles. The fourth-order valence-electron chi connectivity index (χ4n) is 0.335. The van der Waals surface area contributed by atoms with Gasteiger partial charge in [-0.05, 0) is 6.42 Å². The molecule has 0 saturated heterocycles. The number of hydrogen-bond donors (Lipinski definition) is 1. The molecule has 1 radical (unpaired) electrons. The Hall–Kier alpha value is 0.250. The maximum Gasteiger partial charge on any atom is 0.0707 e. The van der Waals surface area contributed by atoms with Crippen LogP contribution >= 0.6 is 11.6 Å². The molecule has 0 aliphatic carbocycles. The summed E-state index contributed by atoms with van der Waals surface area (Å²) in [6.07, 6.45) is 2.24. The zero-order chi connectivity index (χ0) is 5.70. The molecule has 43 valence electrons. The Balaban J connectivity index is 2.83. The molecule has 0 aromatic heterocycles. The summed E-state index contributed by atoms with van der Waals surface area (Å²) in [6, 6.07) is 0. The molecule has 1 nitrogen and oxygen atoms in total. The van der Waals surface area contributed by atoms with Crippen LogP contribution in [0, 0.1) is 6.42 Å². The minimum atomic E-state index is -0.410. The zero-order valence-corrected chi connectivity index (χ0v) is 5.15. The second-order valence-electron chi connectivity index (χ2n) is 1.37. The van der Waals surface area contributed by atoms with Crippen molar-refractivity contribution in [2.45, 2.75) is 19.4 Å². The normalized spacial score (nSPS) is 14.1. The van der Waals surface area contributed by atoms with E-state index in [1.54, 1.807) is 6.42 Å². The monoisotopic (exact) mass is 121 g/mol. The van der Waals surface area contributed by atoms with Crippen molar-refractivity contribution in [2.75, 3.05) is 5.88 Å². The molecule has 0 spiro atoms. The Kier molecular flexibility index (Phi) is 4.57. The van der Waals surface area contributed by atoms with Crippen LogP contribution < -0.4 is 0 Å². The molecule has 0 aliphatic rings. The number of alkyl halides is 1. The number of halogens is 1. The molecule has 0 amide bonds. The third-order valence-corrected chi connectivity index (χ3v) is 0.982. The van der Waals surface area contributed by atoms with Gasteiger partial charge in [-0.1, -0.05) is 13.3 Å². The Bertz CT molecular complexity index is 39.1. The average molecular weight is 122 g/mol. The molecular weight excluding hydrogens is 112 g/mol. The first kappa shape index (κ1) is 7.25. The maximum atomic E-state index is 8.67. The standard InChI is InChI=1S/C5H10ClO/c1-2-3-5(7)4-6/h3,5,7H,2,4H2,1H3/t5-/m0/s1. The van der Waals surface area contributed by atoms with Crippen molar-refractivity contribution in [1.29, 1.82) is 0 Å². The van der Waals surface area contributed by atoms with E-state index in [-0.39, 0.29) is 0 Å². The van der Waals surface area contributed by atoms with Crippen molar-refractivity contribution < 1.29 is 5.11 Å².